The molecule has 8 nitrogen and oxygen atoms in total. The van der Waals surface area contributed by atoms with Gasteiger partial charge in [-0.2, -0.15) is 10.3 Å². The number of nitrogens with one attached hydrogen (secondary N) is 3. The van der Waals surface area contributed by atoms with E-state index in [1.807, 2.05) is 24.3 Å². The maximum atomic E-state index is 11.9. The van der Waals surface area contributed by atoms with Gasteiger partial charge in [-0.15, -0.1) is 16.9 Å². The van der Waals surface area contributed by atoms with Crippen LogP contribution in [0.2, 0.25) is 0 Å². The number of carbonyl (C=O) groups excluding carboxylic acids is 1. The van der Waals surface area contributed by atoms with Gasteiger partial charge in [0.1, 0.15) is 17.4 Å². The predicted octanol–water partition coefficient (Wildman–Crippen LogP) is 2.67. The molecule has 1 atom stereocenters. The van der Waals surface area contributed by atoms with Gasteiger partial charge in [0.15, 0.2) is 0 Å². The molecule has 0 saturated carbocycles. The zero-order chi connectivity index (χ0) is 18.0. The molecule has 0 unspecified atom stereocenters. The van der Waals surface area contributed by atoms with Gasteiger partial charge in [0, 0.05) is 24.6 Å². The van der Waals surface area contributed by atoms with Crippen LogP contribution in [0.5, 0.6) is 5.75 Å². The third-order valence-electron chi connectivity index (χ3n) is 3.85. The molecule has 2 heterocycles. The third kappa shape index (κ3) is 6.23. The van der Waals surface area contributed by atoms with E-state index >= 15 is 0 Å². The lowest BCUT2D eigenvalue weighted by Gasteiger charge is -2.22. The van der Waals surface area contributed by atoms with Gasteiger partial charge in [0.25, 0.3) is 0 Å². The number of anilines is 1. The minimum atomic E-state index is -0.241. The first-order valence-electron chi connectivity index (χ1n) is 8.67. The topological polar surface area (TPSA) is 101 Å². The second-order valence-electron chi connectivity index (χ2n) is 5.86. The molecule has 3 rings (SSSR count). The fourth-order valence-electron chi connectivity index (χ4n) is 2.52. The lowest BCUT2D eigenvalue weighted by atomic mass is 10.1. The molecule has 9 heteroatoms. The van der Waals surface area contributed by atoms with Crippen LogP contribution in [0.3, 0.4) is 0 Å². The van der Waals surface area contributed by atoms with E-state index in [1.165, 1.54) is 18.2 Å². The van der Waals surface area contributed by atoms with Crippen molar-refractivity contribution in [1.29, 1.82) is 0 Å². The molecule has 1 saturated heterocycles. The molecule has 0 bridgehead atoms. The summed E-state index contributed by atoms with van der Waals surface area (Å²) in [5, 5.41) is 16.6. The number of hydrogen-bond acceptors (Lipinski definition) is 6. The van der Waals surface area contributed by atoms with Gasteiger partial charge < -0.3 is 20.1 Å². The maximum absolute atomic E-state index is 11.9. The summed E-state index contributed by atoms with van der Waals surface area (Å²) >= 11 is 1.52. The summed E-state index contributed by atoms with van der Waals surface area (Å²) in [5.74, 6) is 1.49. The molecule has 1 aromatic heterocycles. The molecule has 2 aromatic rings. The standard InChI is InChI=1S/C17H23N5O3S/c23-17(18-8-10-26-16-11-19-22-21-16)20-13-4-6-14(7-5-13)25-12-15-3-1-2-9-24-15/h4-7,11,15H,1-3,8-10,12H2,(H2,18,20,23)(H,19,21,22)/t15-/m0/s1. The lowest BCUT2D eigenvalue weighted by molar-refractivity contribution is -0.0110. The normalized spacial score (nSPS) is 16.8. The summed E-state index contributed by atoms with van der Waals surface area (Å²) < 4.78 is 11.4. The molecule has 1 aliphatic heterocycles. The van der Waals surface area contributed by atoms with Gasteiger partial charge in [0.05, 0.1) is 12.3 Å². The van der Waals surface area contributed by atoms with Crippen LogP contribution < -0.4 is 15.4 Å². The Morgan fingerprint density at radius 1 is 1.35 bits per heavy atom. The molecule has 1 aliphatic rings. The quantitative estimate of drug-likeness (QED) is 0.483. The number of ether oxygens (including phenoxy) is 2. The third-order valence-corrected chi connectivity index (χ3v) is 4.75. The molecule has 26 heavy (non-hydrogen) atoms. The summed E-state index contributed by atoms with van der Waals surface area (Å²) in [4.78, 5) is 11.9. The Morgan fingerprint density at radius 3 is 2.96 bits per heavy atom. The highest BCUT2D eigenvalue weighted by Crippen LogP contribution is 2.18. The average molecular weight is 377 g/mol. The van der Waals surface area contributed by atoms with Crippen molar-refractivity contribution in [2.45, 2.75) is 30.4 Å². The van der Waals surface area contributed by atoms with Crippen LogP contribution in [0.25, 0.3) is 0 Å². The summed E-state index contributed by atoms with van der Waals surface area (Å²) in [6.45, 7) is 1.92. The molecule has 3 N–H and O–H groups in total. The Labute approximate surface area is 156 Å². The van der Waals surface area contributed by atoms with Gasteiger partial charge >= 0.3 is 6.03 Å². The molecular weight excluding hydrogens is 354 g/mol. The van der Waals surface area contributed by atoms with Crippen molar-refractivity contribution in [2.24, 2.45) is 0 Å². The minimum absolute atomic E-state index is 0.183. The molecule has 0 spiro atoms. The Bertz CT molecular complexity index is 660. The average Bonchev–Trinajstić information content (AvgIpc) is 3.19. The van der Waals surface area contributed by atoms with Crippen LogP contribution in [-0.4, -0.2) is 53.1 Å². The number of benzene rings is 1. The first-order valence-corrected chi connectivity index (χ1v) is 9.66. The van der Waals surface area contributed by atoms with Crippen LogP contribution in [0, 0.1) is 0 Å². The number of nitrogens with zero attached hydrogens (tertiary/aromatic N) is 2. The van der Waals surface area contributed by atoms with E-state index in [2.05, 4.69) is 26.0 Å². The van der Waals surface area contributed by atoms with E-state index < -0.39 is 0 Å². The number of carbonyl (C=O) groups is 1. The summed E-state index contributed by atoms with van der Waals surface area (Å²) in [5.41, 5.74) is 0.716. The molecule has 140 valence electrons. The Morgan fingerprint density at radius 2 is 2.23 bits per heavy atom. The van der Waals surface area contributed by atoms with Gasteiger partial charge in [-0.25, -0.2) is 4.79 Å². The van der Waals surface area contributed by atoms with Crippen LogP contribution in [0.4, 0.5) is 10.5 Å². The number of aromatic amines is 1. The molecule has 1 fully saturated rings. The summed E-state index contributed by atoms with van der Waals surface area (Å²) in [6.07, 6.45) is 5.22. The van der Waals surface area contributed by atoms with Crippen LogP contribution in [-0.2, 0) is 4.74 Å². The monoisotopic (exact) mass is 377 g/mol. The number of hydrogen-bond donors (Lipinski definition) is 3. The minimum Gasteiger partial charge on any atom is -0.491 e. The number of aromatic nitrogens is 3. The SMILES string of the molecule is O=C(NCCSc1cn[nH]n1)Nc1ccc(OC[C@@H]2CCCCO2)cc1. The maximum Gasteiger partial charge on any atom is 0.319 e. The molecule has 0 radical (unpaired) electrons. The van der Waals surface area contributed by atoms with E-state index in [0.29, 0.717) is 18.8 Å². The van der Waals surface area contributed by atoms with Crippen LogP contribution >= 0.6 is 11.8 Å². The predicted molar refractivity (Wildman–Crippen MR) is 99.7 cm³/mol. The van der Waals surface area contributed by atoms with Crippen LogP contribution in [0.15, 0.2) is 35.5 Å². The van der Waals surface area contributed by atoms with Crippen molar-refractivity contribution in [1.82, 2.24) is 20.7 Å². The van der Waals surface area contributed by atoms with Gasteiger partial charge in [-0.05, 0) is 43.5 Å². The smallest absolute Gasteiger partial charge is 0.319 e. The van der Waals surface area contributed by atoms with Crippen molar-refractivity contribution in [2.75, 3.05) is 30.8 Å². The Balaban J connectivity index is 1.33. The zero-order valence-corrected chi connectivity index (χ0v) is 15.3. The Hall–Kier alpha value is -2.26. The summed E-state index contributed by atoms with van der Waals surface area (Å²) in [6, 6.07) is 7.09. The van der Waals surface area contributed by atoms with Crippen molar-refractivity contribution < 1.29 is 14.3 Å². The molecule has 1 aromatic carbocycles. The van der Waals surface area contributed by atoms with Gasteiger partial charge in [0.2, 0.25) is 0 Å². The number of thioether (sulfide) groups is 1. The van der Waals surface area contributed by atoms with Crippen molar-refractivity contribution >= 4 is 23.5 Å². The van der Waals surface area contributed by atoms with Crippen molar-refractivity contribution in [3.8, 4) is 5.75 Å². The fraction of sp³-hybridized carbons (Fsp3) is 0.471. The zero-order valence-electron chi connectivity index (χ0n) is 14.4. The molecular formula is C17H23N5O3S. The van der Waals surface area contributed by atoms with Crippen LogP contribution in [0.1, 0.15) is 19.3 Å². The highest BCUT2D eigenvalue weighted by Gasteiger charge is 2.14. The number of rotatable bonds is 8. The highest BCUT2D eigenvalue weighted by atomic mass is 32.2. The second-order valence-corrected chi connectivity index (χ2v) is 6.98. The molecule has 2 amide bonds. The first kappa shape index (κ1) is 18.5. The van der Waals surface area contributed by atoms with E-state index in [4.69, 9.17) is 9.47 Å². The number of H-pyrrole nitrogens is 1. The van der Waals surface area contributed by atoms with Crippen molar-refractivity contribution in [3.05, 3.63) is 30.5 Å². The first-order chi connectivity index (χ1) is 12.8. The Kier molecular flexibility index (Phi) is 7.15. The van der Waals surface area contributed by atoms with E-state index in [-0.39, 0.29) is 12.1 Å². The van der Waals surface area contributed by atoms with E-state index in [0.717, 1.165) is 36.0 Å². The highest BCUT2D eigenvalue weighted by molar-refractivity contribution is 7.99. The lowest BCUT2D eigenvalue weighted by Crippen LogP contribution is -2.30. The van der Waals surface area contributed by atoms with Crippen molar-refractivity contribution in [3.63, 3.8) is 0 Å². The summed E-state index contributed by atoms with van der Waals surface area (Å²) in [7, 11) is 0. The van der Waals surface area contributed by atoms with Gasteiger partial charge in [-0.3, -0.25) is 0 Å². The largest absolute Gasteiger partial charge is 0.491 e. The number of urea groups is 1. The van der Waals surface area contributed by atoms with E-state index in [1.54, 1.807) is 6.20 Å². The van der Waals surface area contributed by atoms with Gasteiger partial charge in [-0.1, -0.05) is 0 Å². The number of amides is 2. The fourth-order valence-corrected chi connectivity index (χ4v) is 3.16. The molecule has 0 aliphatic carbocycles. The van der Waals surface area contributed by atoms with E-state index in [9.17, 15) is 4.79 Å². The second kappa shape index (κ2) is 10.0.